The molecule has 1 aliphatic heterocycles. The van der Waals surface area contributed by atoms with Gasteiger partial charge >= 0.3 is 0 Å². The minimum Gasteiger partial charge on any atom is -0.497 e. The van der Waals surface area contributed by atoms with Crippen LogP contribution in [-0.4, -0.2) is 7.11 Å². The van der Waals surface area contributed by atoms with Gasteiger partial charge in [-0.15, -0.1) is 0 Å². The van der Waals surface area contributed by atoms with Gasteiger partial charge in [-0.05, 0) is 35.9 Å². The summed E-state index contributed by atoms with van der Waals surface area (Å²) in [4.78, 5) is 0. The number of benzene rings is 3. The van der Waals surface area contributed by atoms with E-state index in [0.717, 1.165) is 34.1 Å². The highest BCUT2D eigenvalue weighted by molar-refractivity contribution is 5.97. The molecule has 3 aromatic rings. The van der Waals surface area contributed by atoms with Gasteiger partial charge in [0, 0.05) is 5.56 Å². The minimum absolute atomic E-state index is 0.866. The van der Waals surface area contributed by atoms with Gasteiger partial charge in [0.25, 0.3) is 0 Å². The molecule has 0 spiro atoms. The van der Waals surface area contributed by atoms with E-state index < -0.39 is 0 Å². The van der Waals surface area contributed by atoms with Crippen LogP contribution >= 0.6 is 0 Å². The molecule has 0 aliphatic carbocycles. The molecule has 0 amide bonds. The summed E-state index contributed by atoms with van der Waals surface area (Å²) in [5, 5.41) is 7.03. The zero-order valence-electron chi connectivity index (χ0n) is 12.3. The zero-order chi connectivity index (χ0) is 14.9. The first-order valence-electron chi connectivity index (χ1n) is 7.26. The quantitative estimate of drug-likeness (QED) is 0.534. The van der Waals surface area contributed by atoms with Crippen molar-refractivity contribution in [3.05, 3.63) is 66.7 Å². The first-order chi connectivity index (χ1) is 10.8. The lowest BCUT2D eigenvalue weighted by molar-refractivity contribution is 0.415. The Labute approximate surface area is 129 Å². The van der Waals surface area contributed by atoms with Gasteiger partial charge in [0.05, 0.1) is 29.9 Å². The van der Waals surface area contributed by atoms with E-state index >= 15 is 0 Å². The highest BCUT2D eigenvalue weighted by Gasteiger charge is 2.17. The van der Waals surface area contributed by atoms with E-state index in [9.17, 15) is 0 Å². The summed E-state index contributed by atoms with van der Waals surface area (Å²) in [6.45, 7) is 0. The number of nitrogens with one attached hydrogen (secondary N) is 2. The van der Waals surface area contributed by atoms with Crippen LogP contribution < -0.4 is 15.4 Å². The Bertz CT molecular complexity index is 825. The third-order valence-corrected chi connectivity index (χ3v) is 3.92. The Morgan fingerprint density at radius 2 is 1.36 bits per heavy atom. The molecule has 0 atom stereocenters. The standard InChI is InChI=1S/C19H16N2O/c1-22-14-11-9-13(10-12-14)15-5-4-8-18-19(15)21-17-7-3-2-6-16(17)20-18/h2-12,20-21H,1H3. The van der Waals surface area contributed by atoms with Gasteiger partial charge in [0.2, 0.25) is 0 Å². The fourth-order valence-electron chi connectivity index (χ4n) is 2.78. The molecule has 0 aromatic heterocycles. The Morgan fingerprint density at radius 1 is 0.682 bits per heavy atom. The molecule has 3 aromatic carbocycles. The van der Waals surface area contributed by atoms with Crippen molar-refractivity contribution in [3.8, 4) is 16.9 Å². The van der Waals surface area contributed by atoms with Crippen LogP contribution in [0.25, 0.3) is 11.1 Å². The molecule has 2 N–H and O–H groups in total. The van der Waals surface area contributed by atoms with Crippen molar-refractivity contribution in [2.24, 2.45) is 0 Å². The molecule has 0 unspecified atom stereocenters. The molecule has 1 heterocycles. The Morgan fingerprint density at radius 3 is 2.09 bits per heavy atom. The second-order valence-corrected chi connectivity index (χ2v) is 5.25. The zero-order valence-corrected chi connectivity index (χ0v) is 12.3. The van der Waals surface area contributed by atoms with E-state index in [-0.39, 0.29) is 0 Å². The summed E-state index contributed by atoms with van der Waals surface area (Å²) in [5.41, 5.74) is 6.71. The topological polar surface area (TPSA) is 33.3 Å². The van der Waals surface area contributed by atoms with Crippen LogP contribution in [0.3, 0.4) is 0 Å². The van der Waals surface area contributed by atoms with Crippen molar-refractivity contribution >= 4 is 22.7 Å². The number of hydrogen-bond acceptors (Lipinski definition) is 3. The Hall–Kier alpha value is -2.94. The van der Waals surface area contributed by atoms with Crippen molar-refractivity contribution in [1.82, 2.24) is 0 Å². The molecular weight excluding hydrogens is 272 g/mol. The molecule has 3 nitrogen and oxygen atoms in total. The first-order valence-corrected chi connectivity index (χ1v) is 7.26. The maximum atomic E-state index is 5.24. The minimum atomic E-state index is 0.866. The van der Waals surface area contributed by atoms with E-state index in [1.807, 2.05) is 24.3 Å². The molecule has 3 heteroatoms. The molecule has 108 valence electrons. The van der Waals surface area contributed by atoms with Crippen molar-refractivity contribution in [2.75, 3.05) is 17.7 Å². The van der Waals surface area contributed by atoms with Crippen molar-refractivity contribution < 1.29 is 4.74 Å². The lowest BCUT2D eigenvalue weighted by Crippen LogP contribution is -2.07. The van der Waals surface area contributed by atoms with Gasteiger partial charge in [-0.25, -0.2) is 0 Å². The molecular formula is C19H16N2O. The van der Waals surface area contributed by atoms with Gasteiger partial charge in [-0.3, -0.25) is 0 Å². The lowest BCUT2D eigenvalue weighted by atomic mass is 10.0. The largest absolute Gasteiger partial charge is 0.497 e. The summed E-state index contributed by atoms with van der Waals surface area (Å²) in [5.74, 6) is 0.866. The number of hydrogen-bond donors (Lipinski definition) is 2. The predicted octanol–water partition coefficient (Wildman–Crippen LogP) is 5.16. The van der Waals surface area contributed by atoms with Crippen LogP contribution in [0, 0.1) is 0 Å². The fourth-order valence-corrected chi connectivity index (χ4v) is 2.78. The molecule has 1 aliphatic rings. The fraction of sp³-hybridized carbons (Fsp3) is 0.0526. The molecule has 0 saturated carbocycles. The van der Waals surface area contributed by atoms with Crippen LogP contribution in [-0.2, 0) is 0 Å². The predicted molar refractivity (Wildman–Crippen MR) is 91.4 cm³/mol. The SMILES string of the molecule is COc1ccc(-c2cccc3c2Nc2ccccc2N3)cc1. The molecule has 0 saturated heterocycles. The lowest BCUT2D eigenvalue weighted by Gasteiger charge is -2.25. The van der Waals surface area contributed by atoms with Crippen LogP contribution in [0.15, 0.2) is 66.7 Å². The van der Waals surface area contributed by atoms with Crippen LogP contribution in [0.5, 0.6) is 5.75 Å². The second-order valence-electron chi connectivity index (χ2n) is 5.25. The maximum Gasteiger partial charge on any atom is 0.118 e. The van der Waals surface area contributed by atoms with E-state index in [0.29, 0.717) is 0 Å². The Kier molecular flexibility index (Phi) is 2.97. The van der Waals surface area contributed by atoms with E-state index in [2.05, 4.69) is 53.1 Å². The summed E-state index contributed by atoms with van der Waals surface area (Å²) in [7, 11) is 1.68. The van der Waals surface area contributed by atoms with Crippen LogP contribution in [0.1, 0.15) is 0 Å². The third-order valence-electron chi connectivity index (χ3n) is 3.92. The summed E-state index contributed by atoms with van der Waals surface area (Å²) in [6, 6.07) is 22.6. The molecule has 0 radical (unpaired) electrons. The molecule has 4 rings (SSSR count). The average Bonchev–Trinajstić information content (AvgIpc) is 2.59. The summed E-state index contributed by atoms with van der Waals surface area (Å²) in [6.07, 6.45) is 0. The first kappa shape index (κ1) is 12.8. The number of fused-ring (bicyclic) bond motifs is 2. The molecule has 0 fully saturated rings. The number of methoxy groups -OCH3 is 1. The van der Waals surface area contributed by atoms with Crippen LogP contribution in [0.2, 0.25) is 0 Å². The van der Waals surface area contributed by atoms with Gasteiger partial charge in [-0.2, -0.15) is 0 Å². The third kappa shape index (κ3) is 2.07. The Balaban J connectivity index is 1.80. The maximum absolute atomic E-state index is 5.24. The van der Waals surface area contributed by atoms with Crippen molar-refractivity contribution in [2.45, 2.75) is 0 Å². The smallest absolute Gasteiger partial charge is 0.118 e. The van der Waals surface area contributed by atoms with E-state index in [4.69, 9.17) is 4.74 Å². The summed E-state index contributed by atoms with van der Waals surface area (Å²) >= 11 is 0. The van der Waals surface area contributed by atoms with Gasteiger partial charge in [0.15, 0.2) is 0 Å². The van der Waals surface area contributed by atoms with Crippen LogP contribution in [0.4, 0.5) is 22.7 Å². The summed E-state index contributed by atoms with van der Waals surface area (Å²) < 4.78 is 5.24. The monoisotopic (exact) mass is 288 g/mol. The van der Waals surface area contributed by atoms with Gasteiger partial charge in [0.1, 0.15) is 5.75 Å². The van der Waals surface area contributed by atoms with E-state index in [1.165, 1.54) is 5.56 Å². The van der Waals surface area contributed by atoms with Crippen molar-refractivity contribution in [1.29, 1.82) is 0 Å². The average molecular weight is 288 g/mol. The van der Waals surface area contributed by atoms with Gasteiger partial charge in [-0.1, -0.05) is 36.4 Å². The highest BCUT2D eigenvalue weighted by atomic mass is 16.5. The second kappa shape index (κ2) is 5.11. The number of rotatable bonds is 2. The highest BCUT2D eigenvalue weighted by Crippen LogP contribution is 2.43. The van der Waals surface area contributed by atoms with E-state index in [1.54, 1.807) is 7.11 Å². The van der Waals surface area contributed by atoms with Crippen molar-refractivity contribution in [3.63, 3.8) is 0 Å². The number of para-hydroxylation sites is 3. The normalized spacial score (nSPS) is 11.7. The molecule has 0 bridgehead atoms. The number of ether oxygens (including phenoxy) is 1. The van der Waals surface area contributed by atoms with Gasteiger partial charge < -0.3 is 15.4 Å². The molecule has 22 heavy (non-hydrogen) atoms. The number of anilines is 4.